The van der Waals surface area contributed by atoms with Gasteiger partial charge < -0.3 is 4.52 Å². The molecular formula is C11H9ClN2O2. The number of carbonyl (C=O) groups is 1. The molecule has 1 aromatic heterocycles. The molecule has 0 fully saturated rings. The van der Waals surface area contributed by atoms with Crippen LogP contribution in [0, 0.1) is 0 Å². The highest BCUT2D eigenvalue weighted by Crippen LogP contribution is 2.19. The van der Waals surface area contributed by atoms with Crippen LogP contribution < -0.4 is 0 Å². The Morgan fingerprint density at radius 2 is 2.31 bits per heavy atom. The number of ketones is 1. The SMILES string of the molecule is CC(=O)Cc1nc(-c2cccc(Cl)c2)no1. The second-order valence-electron chi connectivity index (χ2n) is 3.40. The van der Waals surface area contributed by atoms with Gasteiger partial charge in [0, 0.05) is 10.6 Å². The van der Waals surface area contributed by atoms with Crippen molar-refractivity contribution in [1.29, 1.82) is 0 Å². The van der Waals surface area contributed by atoms with E-state index in [1.165, 1.54) is 6.92 Å². The number of hydrogen-bond donors (Lipinski definition) is 0. The minimum Gasteiger partial charge on any atom is -0.339 e. The van der Waals surface area contributed by atoms with E-state index in [0.717, 1.165) is 5.56 Å². The van der Waals surface area contributed by atoms with E-state index in [1.807, 2.05) is 6.07 Å². The summed E-state index contributed by atoms with van der Waals surface area (Å²) in [5.41, 5.74) is 0.769. The zero-order chi connectivity index (χ0) is 11.5. The molecule has 5 heteroatoms. The summed E-state index contributed by atoms with van der Waals surface area (Å²) >= 11 is 5.85. The summed E-state index contributed by atoms with van der Waals surface area (Å²) in [6.45, 7) is 1.48. The maximum atomic E-state index is 10.9. The van der Waals surface area contributed by atoms with Crippen LogP contribution in [0.15, 0.2) is 28.8 Å². The highest BCUT2D eigenvalue weighted by atomic mass is 35.5. The quantitative estimate of drug-likeness (QED) is 0.822. The molecule has 0 aliphatic carbocycles. The van der Waals surface area contributed by atoms with Gasteiger partial charge in [0.25, 0.3) is 0 Å². The fourth-order valence-electron chi connectivity index (χ4n) is 1.28. The van der Waals surface area contributed by atoms with Gasteiger partial charge in [-0.15, -0.1) is 0 Å². The zero-order valence-electron chi connectivity index (χ0n) is 8.61. The summed E-state index contributed by atoms with van der Waals surface area (Å²) in [4.78, 5) is 15.0. The monoisotopic (exact) mass is 236 g/mol. The summed E-state index contributed by atoms with van der Waals surface area (Å²) < 4.78 is 4.94. The number of nitrogens with zero attached hydrogens (tertiary/aromatic N) is 2. The van der Waals surface area contributed by atoms with Crippen LogP contribution in [-0.4, -0.2) is 15.9 Å². The minimum absolute atomic E-state index is 0.0127. The van der Waals surface area contributed by atoms with Gasteiger partial charge in [-0.2, -0.15) is 4.98 Å². The van der Waals surface area contributed by atoms with Gasteiger partial charge in [-0.3, -0.25) is 4.79 Å². The van der Waals surface area contributed by atoms with Crippen LogP contribution in [0.5, 0.6) is 0 Å². The van der Waals surface area contributed by atoms with Gasteiger partial charge in [-0.1, -0.05) is 28.9 Å². The van der Waals surface area contributed by atoms with Gasteiger partial charge in [-0.05, 0) is 19.1 Å². The highest BCUT2D eigenvalue weighted by Gasteiger charge is 2.10. The predicted octanol–water partition coefficient (Wildman–Crippen LogP) is 2.52. The number of rotatable bonds is 3. The van der Waals surface area contributed by atoms with Crippen LogP contribution in [0.1, 0.15) is 12.8 Å². The molecule has 0 radical (unpaired) electrons. The summed E-state index contributed by atoms with van der Waals surface area (Å²) in [6, 6.07) is 7.14. The lowest BCUT2D eigenvalue weighted by molar-refractivity contribution is -0.116. The first-order chi connectivity index (χ1) is 7.65. The van der Waals surface area contributed by atoms with Gasteiger partial charge in [-0.25, -0.2) is 0 Å². The first-order valence-electron chi connectivity index (χ1n) is 4.73. The first kappa shape index (κ1) is 10.8. The van der Waals surface area contributed by atoms with Crippen molar-refractivity contribution in [1.82, 2.24) is 10.1 Å². The highest BCUT2D eigenvalue weighted by molar-refractivity contribution is 6.30. The number of Topliss-reactive ketones (excluding diaryl/α,β-unsaturated/α-hetero) is 1. The molecule has 0 atom stereocenters. The normalized spacial score (nSPS) is 10.4. The van der Waals surface area contributed by atoms with Crippen LogP contribution in [0.4, 0.5) is 0 Å². The lowest BCUT2D eigenvalue weighted by atomic mass is 10.2. The summed E-state index contributed by atoms with van der Waals surface area (Å²) in [5, 5.41) is 4.39. The van der Waals surface area contributed by atoms with E-state index >= 15 is 0 Å². The van der Waals surface area contributed by atoms with Crippen LogP contribution >= 0.6 is 11.6 Å². The molecule has 2 aromatic rings. The van der Waals surface area contributed by atoms with E-state index in [2.05, 4.69) is 10.1 Å². The fourth-order valence-corrected chi connectivity index (χ4v) is 1.47. The fraction of sp³-hybridized carbons (Fsp3) is 0.182. The van der Waals surface area contributed by atoms with Crippen molar-refractivity contribution in [2.45, 2.75) is 13.3 Å². The second kappa shape index (κ2) is 4.45. The third-order valence-electron chi connectivity index (χ3n) is 1.95. The first-order valence-corrected chi connectivity index (χ1v) is 5.11. The topological polar surface area (TPSA) is 56.0 Å². The van der Waals surface area contributed by atoms with Crippen molar-refractivity contribution in [3.63, 3.8) is 0 Å². The van der Waals surface area contributed by atoms with E-state index in [4.69, 9.17) is 16.1 Å². The van der Waals surface area contributed by atoms with Gasteiger partial charge in [0.2, 0.25) is 11.7 Å². The molecule has 16 heavy (non-hydrogen) atoms. The Balaban J connectivity index is 2.28. The summed E-state index contributed by atoms with van der Waals surface area (Å²) in [5.74, 6) is 0.752. The molecule has 4 nitrogen and oxygen atoms in total. The maximum absolute atomic E-state index is 10.9. The molecule has 0 amide bonds. The van der Waals surface area contributed by atoms with Crippen molar-refractivity contribution >= 4 is 17.4 Å². The van der Waals surface area contributed by atoms with Crippen molar-refractivity contribution in [2.24, 2.45) is 0 Å². The van der Waals surface area contributed by atoms with E-state index in [-0.39, 0.29) is 12.2 Å². The molecule has 0 saturated carbocycles. The average molecular weight is 237 g/mol. The van der Waals surface area contributed by atoms with Crippen molar-refractivity contribution in [3.05, 3.63) is 35.2 Å². The number of aromatic nitrogens is 2. The van der Waals surface area contributed by atoms with Crippen molar-refractivity contribution in [3.8, 4) is 11.4 Å². The minimum atomic E-state index is -0.0127. The average Bonchev–Trinajstić information content (AvgIpc) is 2.65. The van der Waals surface area contributed by atoms with Gasteiger partial charge in [0.1, 0.15) is 5.78 Å². The molecule has 82 valence electrons. The molecule has 0 unspecified atom stereocenters. The van der Waals surface area contributed by atoms with Crippen LogP contribution in [0.2, 0.25) is 5.02 Å². The Morgan fingerprint density at radius 1 is 1.50 bits per heavy atom. The Labute approximate surface area is 97.2 Å². The largest absolute Gasteiger partial charge is 0.339 e. The van der Waals surface area contributed by atoms with Crippen LogP contribution in [0.3, 0.4) is 0 Å². The van der Waals surface area contributed by atoms with Crippen molar-refractivity contribution < 1.29 is 9.32 Å². The van der Waals surface area contributed by atoms with E-state index in [1.54, 1.807) is 18.2 Å². The van der Waals surface area contributed by atoms with Crippen LogP contribution in [-0.2, 0) is 11.2 Å². The summed E-state index contributed by atoms with van der Waals surface area (Å²) in [6.07, 6.45) is 0.160. The molecule has 1 aromatic carbocycles. The lowest BCUT2D eigenvalue weighted by Gasteiger charge is -1.93. The smallest absolute Gasteiger partial charge is 0.234 e. The Bertz CT molecular complexity index is 522. The number of benzene rings is 1. The summed E-state index contributed by atoms with van der Waals surface area (Å²) in [7, 11) is 0. The molecule has 0 aliphatic rings. The zero-order valence-corrected chi connectivity index (χ0v) is 9.36. The van der Waals surface area contributed by atoms with Crippen molar-refractivity contribution in [2.75, 3.05) is 0 Å². The maximum Gasteiger partial charge on any atom is 0.234 e. The Morgan fingerprint density at radius 3 is 3.00 bits per heavy atom. The molecule has 0 bridgehead atoms. The molecule has 0 spiro atoms. The molecule has 0 N–H and O–H groups in total. The molecular weight excluding hydrogens is 228 g/mol. The van der Waals surface area contributed by atoms with Gasteiger partial charge >= 0.3 is 0 Å². The number of hydrogen-bond acceptors (Lipinski definition) is 4. The third kappa shape index (κ3) is 2.46. The van der Waals surface area contributed by atoms with E-state index < -0.39 is 0 Å². The number of carbonyl (C=O) groups excluding carboxylic acids is 1. The Kier molecular flexibility index (Phi) is 3.01. The second-order valence-corrected chi connectivity index (χ2v) is 3.84. The lowest BCUT2D eigenvalue weighted by Crippen LogP contribution is -1.95. The van der Waals surface area contributed by atoms with Crippen LogP contribution in [0.25, 0.3) is 11.4 Å². The molecule has 2 rings (SSSR count). The predicted molar refractivity (Wildman–Crippen MR) is 59.1 cm³/mol. The van der Waals surface area contributed by atoms with Gasteiger partial charge in [0.15, 0.2) is 0 Å². The van der Waals surface area contributed by atoms with E-state index in [9.17, 15) is 4.79 Å². The molecule has 0 aliphatic heterocycles. The molecule has 0 saturated heterocycles. The van der Waals surface area contributed by atoms with E-state index in [0.29, 0.717) is 16.7 Å². The number of halogens is 1. The Hall–Kier alpha value is -1.68. The van der Waals surface area contributed by atoms with Gasteiger partial charge in [0.05, 0.1) is 6.42 Å². The molecule has 1 heterocycles. The standard InChI is InChI=1S/C11H9ClN2O2/c1-7(15)5-10-13-11(14-16-10)8-3-2-4-9(12)6-8/h2-4,6H,5H2,1H3. The third-order valence-corrected chi connectivity index (χ3v) is 2.19.